The van der Waals surface area contributed by atoms with Crippen molar-refractivity contribution in [3.8, 4) is 23.4 Å². The van der Waals surface area contributed by atoms with Crippen molar-refractivity contribution in [1.29, 1.82) is 0 Å². The molecule has 0 saturated heterocycles. The van der Waals surface area contributed by atoms with E-state index < -0.39 is 6.36 Å². The normalized spacial score (nSPS) is 11.1. The van der Waals surface area contributed by atoms with Gasteiger partial charge >= 0.3 is 12.4 Å². The summed E-state index contributed by atoms with van der Waals surface area (Å²) < 4.78 is 50.6. The van der Waals surface area contributed by atoms with E-state index in [-0.39, 0.29) is 23.4 Å². The number of nitrogens with zero attached hydrogens (tertiary/aromatic N) is 2. The molecule has 21 heavy (non-hydrogen) atoms. The summed E-state index contributed by atoms with van der Waals surface area (Å²) in [4.78, 5) is 7.85. The van der Waals surface area contributed by atoms with E-state index in [4.69, 9.17) is 9.47 Å². The topological polar surface area (TPSA) is 53.5 Å². The van der Waals surface area contributed by atoms with Gasteiger partial charge in [-0.3, -0.25) is 0 Å². The Morgan fingerprint density at radius 2 is 1.71 bits per heavy atom. The number of aromatic nitrogens is 2. The van der Waals surface area contributed by atoms with Crippen LogP contribution in [0.3, 0.4) is 0 Å². The Morgan fingerprint density at radius 1 is 1.10 bits per heavy atom. The van der Waals surface area contributed by atoms with Gasteiger partial charge in [0.15, 0.2) is 0 Å². The van der Waals surface area contributed by atoms with Crippen LogP contribution in [0.4, 0.5) is 13.2 Å². The molecule has 0 N–H and O–H groups in total. The summed E-state index contributed by atoms with van der Waals surface area (Å²) in [6.07, 6.45) is -3.30. The van der Waals surface area contributed by atoms with Crippen LogP contribution in [0.15, 0.2) is 34.9 Å². The van der Waals surface area contributed by atoms with Gasteiger partial charge in [-0.2, -0.15) is 4.98 Å². The van der Waals surface area contributed by atoms with Crippen molar-refractivity contribution in [2.45, 2.75) is 6.36 Å². The first-order chi connectivity index (χ1) is 9.87. The van der Waals surface area contributed by atoms with Crippen molar-refractivity contribution >= 4 is 15.9 Å². The van der Waals surface area contributed by atoms with E-state index in [9.17, 15) is 13.2 Å². The van der Waals surface area contributed by atoms with E-state index in [1.807, 2.05) is 0 Å². The van der Waals surface area contributed by atoms with Crippen LogP contribution in [0.1, 0.15) is 0 Å². The van der Waals surface area contributed by atoms with Crippen LogP contribution in [0.25, 0.3) is 0 Å². The standard InChI is InChI=1S/C12H8BrF3N2O3/c1-19-10-9(13)6-17-11(18-10)20-7-2-4-8(5-3-7)21-12(14,15)16/h2-6H,1H3. The zero-order valence-electron chi connectivity index (χ0n) is 10.5. The lowest BCUT2D eigenvalue weighted by Crippen LogP contribution is -2.16. The zero-order chi connectivity index (χ0) is 15.5. The van der Waals surface area contributed by atoms with Crippen molar-refractivity contribution in [1.82, 2.24) is 9.97 Å². The largest absolute Gasteiger partial charge is 0.573 e. The summed E-state index contributed by atoms with van der Waals surface area (Å²) in [6.45, 7) is 0. The molecule has 112 valence electrons. The molecule has 0 spiro atoms. The minimum absolute atomic E-state index is 0.000426. The predicted octanol–water partition coefficient (Wildman–Crippen LogP) is 3.94. The molecule has 0 bridgehead atoms. The molecule has 0 aliphatic carbocycles. The molecule has 1 heterocycles. The summed E-state index contributed by atoms with van der Waals surface area (Å²) in [6, 6.07) is 4.86. The van der Waals surface area contributed by atoms with Crippen LogP contribution in [-0.2, 0) is 0 Å². The smallest absolute Gasteiger partial charge is 0.480 e. The van der Waals surface area contributed by atoms with Crippen molar-refractivity contribution in [3.63, 3.8) is 0 Å². The maximum absolute atomic E-state index is 12.0. The maximum atomic E-state index is 12.0. The molecule has 0 unspecified atom stereocenters. The molecule has 5 nitrogen and oxygen atoms in total. The number of methoxy groups -OCH3 is 1. The van der Waals surface area contributed by atoms with Gasteiger partial charge in [0.05, 0.1) is 17.8 Å². The Balaban J connectivity index is 2.10. The first-order valence-corrected chi connectivity index (χ1v) is 6.27. The van der Waals surface area contributed by atoms with E-state index in [1.165, 1.54) is 25.4 Å². The number of alkyl halides is 3. The molecule has 0 atom stereocenters. The Labute approximate surface area is 125 Å². The highest BCUT2D eigenvalue weighted by Gasteiger charge is 2.30. The Morgan fingerprint density at radius 3 is 2.29 bits per heavy atom. The minimum atomic E-state index is -4.73. The molecule has 0 radical (unpaired) electrons. The number of rotatable bonds is 4. The molecule has 0 aliphatic heterocycles. The summed E-state index contributed by atoms with van der Waals surface area (Å²) in [7, 11) is 1.43. The summed E-state index contributed by atoms with van der Waals surface area (Å²) in [5, 5.41) is 0. The maximum Gasteiger partial charge on any atom is 0.573 e. The fourth-order valence-electron chi connectivity index (χ4n) is 1.34. The molecule has 1 aromatic heterocycles. The number of hydrogen-bond acceptors (Lipinski definition) is 5. The van der Waals surface area contributed by atoms with Crippen LogP contribution in [-0.4, -0.2) is 23.4 Å². The molecule has 0 fully saturated rings. The summed E-state index contributed by atoms with van der Waals surface area (Å²) in [5.41, 5.74) is 0. The fraction of sp³-hybridized carbons (Fsp3) is 0.167. The molecular formula is C12H8BrF3N2O3. The van der Waals surface area contributed by atoms with Crippen LogP contribution >= 0.6 is 15.9 Å². The Kier molecular flexibility index (Phi) is 4.51. The van der Waals surface area contributed by atoms with Gasteiger partial charge in [-0.15, -0.1) is 13.2 Å². The number of ether oxygens (including phenoxy) is 3. The van der Waals surface area contributed by atoms with E-state index in [2.05, 4.69) is 30.6 Å². The second-order valence-electron chi connectivity index (χ2n) is 3.63. The van der Waals surface area contributed by atoms with Crippen molar-refractivity contribution in [2.75, 3.05) is 7.11 Å². The van der Waals surface area contributed by atoms with Crippen LogP contribution < -0.4 is 14.2 Å². The Bertz CT molecular complexity index is 620. The molecule has 0 saturated carbocycles. The summed E-state index contributed by atoms with van der Waals surface area (Å²) in [5.74, 6) is 0.190. The highest BCUT2D eigenvalue weighted by molar-refractivity contribution is 9.10. The predicted molar refractivity (Wildman–Crippen MR) is 69.5 cm³/mol. The highest BCUT2D eigenvalue weighted by Crippen LogP contribution is 2.28. The number of benzene rings is 1. The lowest BCUT2D eigenvalue weighted by Gasteiger charge is -2.09. The van der Waals surface area contributed by atoms with Gasteiger partial charge in [0, 0.05) is 0 Å². The number of hydrogen-bond donors (Lipinski definition) is 0. The third-order valence-corrected chi connectivity index (χ3v) is 2.69. The molecule has 9 heteroatoms. The SMILES string of the molecule is COc1nc(Oc2ccc(OC(F)(F)F)cc2)ncc1Br. The third kappa shape index (κ3) is 4.48. The molecule has 0 amide bonds. The van der Waals surface area contributed by atoms with Crippen LogP contribution in [0, 0.1) is 0 Å². The van der Waals surface area contributed by atoms with Gasteiger partial charge in [0.2, 0.25) is 5.88 Å². The van der Waals surface area contributed by atoms with Crippen LogP contribution in [0.5, 0.6) is 23.4 Å². The lowest BCUT2D eigenvalue weighted by atomic mass is 10.3. The minimum Gasteiger partial charge on any atom is -0.480 e. The van der Waals surface area contributed by atoms with Gasteiger partial charge in [-0.25, -0.2) is 4.98 Å². The van der Waals surface area contributed by atoms with E-state index in [0.717, 1.165) is 12.1 Å². The summed E-state index contributed by atoms with van der Waals surface area (Å²) >= 11 is 3.18. The first-order valence-electron chi connectivity index (χ1n) is 5.47. The second-order valence-corrected chi connectivity index (χ2v) is 4.49. The van der Waals surface area contributed by atoms with Gasteiger partial charge in [0.25, 0.3) is 0 Å². The monoisotopic (exact) mass is 364 g/mol. The molecule has 1 aromatic carbocycles. The van der Waals surface area contributed by atoms with Crippen molar-refractivity contribution < 1.29 is 27.4 Å². The third-order valence-electron chi connectivity index (χ3n) is 2.15. The lowest BCUT2D eigenvalue weighted by molar-refractivity contribution is -0.274. The Hall–Kier alpha value is -2.03. The van der Waals surface area contributed by atoms with E-state index in [1.54, 1.807) is 0 Å². The van der Waals surface area contributed by atoms with E-state index in [0.29, 0.717) is 4.47 Å². The highest BCUT2D eigenvalue weighted by atomic mass is 79.9. The first kappa shape index (κ1) is 15.4. The number of halogens is 4. The molecule has 0 aliphatic rings. The second kappa shape index (κ2) is 6.17. The van der Waals surface area contributed by atoms with Gasteiger partial charge in [-0.1, -0.05) is 0 Å². The van der Waals surface area contributed by atoms with Gasteiger partial charge in [-0.05, 0) is 40.2 Å². The van der Waals surface area contributed by atoms with Crippen molar-refractivity contribution in [2.24, 2.45) is 0 Å². The van der Waals surface area contributed by atoms with Crippen LogP contribution in [0.2, 0.25) is 0 Å². The van der Waals surface area contributed by atoms with E-state index >= 15 is 0 Å². The fourth-order valence-corrected chi connectivity index (χ4v) is 1.70. The van der Waals surface area contributed by atoms with Crippen molar-refractivity contribution in [3.05, 3.63) is 34.9 Å². The average Bonchev–Trinajstić information content (AvgIpc) is 2.41. The average molecular weight is 365 g/mol. The van der Waals surface area contributed by atoms with Gasteiger partial charge in [0.1, 0.15) is 11.5 Å². The zero-order valence-corrected chi connectivity index (χ0v) is 12.1. The molecular weight excluding hydrogens is 357 g/mol. The molecule has 2 rings (SSSR count). The molecule has 2 aromatic rings. The quantitative estimate of drug-likeness (QED) is 0.822. The van der Waals surface area contributed by atoms with Gasteiger partial charge < -0.3 is 14.2 Å².